The van der Waals surface area contributed by atoms with Crippen molar-refractivity contribution in [1.82, 2.24) is 5.32 Å². The molecule has 0 heterocycles. The molecule has 8 heteroatoms. The van der Waals surface area contributed by atoms with E-state index in [9.17, 15) is 18.4 Å². The lowest BCUT2D eigenvalue weighted by atomic mass is 10.2. The molecule has 2 aromatic rings. The highest BCUT2D eigenvalue weighted by atomic mass is 35.5. The lowest BCUT2D eigenvalue weighted by molar-refractivity contribution is -0.114. The topological polar surface area (TPSA) is 70.2 Å². The Morgan fingerprint density at radius 2 is 1.75 bits per heavy atom. The van der Waals surface area contributed by atoms with Gasteiger partial charge in [-0.15, -0.1) is 0 Å². The molecule has 5 nitrogen and oxygen atoms in total. The monoisotopic (exact) mass is 353 g/mol. The van der Waals surface area contributed by atoms with Crippen molar-refractivity contribution in [2.24, 2.45) is 0 Å². The molecule has 2 aromatic carbocycles. The Hall–Kier alpha value is -2.67. The van der Waals surface area contributed by atoms with E-state index >= 15 is 0 Å². The molecule has 0 atom stereocenters. The van der Waals surface area contributed by atoms with Crippen LogP contribution < -0.4 is 16.0 Å². The predicted molar refractivity (Wildman–Crippen MR) is 88.3 cm³/mol. The van der Waals surface area contributed by atoms with Crippen molar-refractivity contribution in [3.8, 4) is 0 Å². The summed E-state index contributed by atoms with van der Waals surface area (Å²) in [6, 6.07) is 7.71. The third-order valence-corrected chi connectivity index (χ3v) is 3.41. The quantitative estimate of drug-likeness (QED) is 0.773. The normalized spacial score (nSPS) is 10.2. The number of amides is 2. The van der Waals surface area contributed by atoms with Gasteiger partial charge in [-0.25, -0.2) is 8.78 Å². The SMILES string of the molecule is CNC(=O)c1ccc(NCC(=O)Nc2ccc(F)c(F)c2)cc1Cl. The number of carbonyl (C=O) groups is 2. The Morgan fingerprint density at radius 1 is 1.04 bits per heavy atom. The first-order valence-corrected chi connectivity index (χ1v) is 7.29. The van der Waals surface area contributed by atoms with Crippen molar-refractivity contribution in [3.05, 3.63) is 58.6 Å². The molecule has 24 heavy (non-hydrogen) atoms. The summed E-state index contributed by atoms with van der Waals surface area (Å²) >= 11 is 6.00. The average molecular weight is 354 g/mol. The van der Waals surface area contributed by atoms with Gasteiger partial charge in [0.05, 0.1) is 17.1 Å². The number of hydrogen-bond donors (Lipinski definition) is 3. The molecule has 0 spiro atoms. The zero-order valence-corrected chi connectivity index (χ0v) is 13.4. The zero-order valence-electron chi connectivity index (χ0n) is 12.6. The Balaban J connectivity index is 1.95. The van der Waals surface area contributed by atoms with Gasteiger partial charge in [0.15, 0.2) is 11.6 Å². The molecule has 0 fully saturated rings. The summed E-state index contributed by atoms with van der Waals surface area (Å²) in [5.74, 6) is -2.80. The minimum Gasteiger partial charge on any atom is -0.376 e. The van der Waals surface area contributed by atoms with E-state index in [0.717, 1.165) is 12.1 Å². The molecule has 2 amide bonds. The van der Waals surface area contributed by atoms with Crippen LogP contribution in [0.5, 0.6) is 0 Å². The van der Waals surface area contributed by atoms with Crippen LogP contribution in [0.2, 0.25) is 5.02 Å². The molecule has 126 valence electrons. The second kappa shape index (κ2) is 7.74. The van der Waals surface area contributed by atoms with E-state index < -0.39 is 17.5 Å². The Morgan fingerprint density at radius 3 is 2.38 bits per heavy atom. The van der Waals surface area contributed by atoms with Crippen LogP contribution in [0.4, 0.5) is 20.2 Å². The van der Waals surface area contributed by atoms with Crippen molar-refractivity contribution >= 4 is 34.8 Å². The molecule has 0 aromatic heterocycles. The smallest absolute Gasteiger partial charge is 0.252 e. The van der Waals surface area contributed by atoms with E-state index in [0.29, 0.717) is 11.3 Å². The maximum atomic E-state index is 13.1. The van der Waals surface area contributed by atoms with Crippen LogP contribution in [0.25, 0.3) is 0 Å². The Bertz CT molecular complexity index is 784. The summed E-state index contributed by atoms with van der Waals surface area (Å²) in [6.07, 6.45) is 0. The highest BCUT2D eigenvalue weighted by molar-refractivity contribution is 6.34. The lowest BCUT2D eigenvalue weighted by Gasteiger charge is -2.10. The predicted octanol–water partition coefficient (Wildman–Crippen LogP) is 3.03. The molecule has 0 aliphatic carbocycles. The van der Waals surface area contributed by atoms with E-state index in [2.05, 4.69) is 16.0 Å². The van der Waals surface area contributed by atoms with Gasteiger partial charge >= 0.3 is 0 Å². The van der Waals surface area contributed by atoms with Crippen LogP contribution in [0.3, 0.4) is 0 Å². The molecule has 0 radical (unpaired) electrons. The number of anilines is 2. The van der Waals surface area contributed by atoms with Crippen LogP contribution in [0.15, 0.2) is 36.4 Å². The van der Waals surface area contributed by atoms with Gasteiger partial charge in [-0.2, -0.15) is 0 Å². The summed E-state index contributed by atoms with van der Waals surface area (Å²) in [5.41, 5.74) is 0.998. The lowest BCUT2D eigenvalue weighted by Crippen LogP contribution is -2.22. The minimum atomic E-state index is -1.04. The molecule has 2 rings (SSSR count). The van der Waals surface area contributed by atoms with Gasteiger partial charge < -0.3 is 16.0 Å². The molecule has 3 N–H and O–H groups in total. The number of hydrogen-bond acceptors (Lipinski definition) is 3. The zero-order chi connectivity index (χ0) is 17.7. The third kappa shape index (κ3) is 4.42. The summed E-state index contributed by atoms with van der Waals surface area (Å²) in [7, 11) is 1.49. The highest BCUT2D eigenvalue weighted by Crippen LogP contribution is 2.21. The van der Waals surface area contributed by atoms with E-state index in [1.807, 2.05) is 0 Å². The van der Waals surface area contributed by atoms with Crippen molar-refractivity contribution in [1.29, 1.82) is 0 Å². The second-order valence-corrected chi connectivity index (χ2v) is 5.21. The average Bonchev–Trinajstić information content (AvgIpc) is 2.56. The van der Waals surface area contributed by atoms with Crippen molar-refractivity contribution in [2.75, 3.05) is 24.2 Å². The Kier molecular flexibility index (Phi) is 5.70. The molecular weight excluding hydrogens is 340 g/mol. The van der Waals surface area contributed by atoms with Crippen LogP contribution >= 0.6 is 11.6 Å². The van der Waals surface area contributed by atoms with Crippen molar-refractivity contribution < 1.29 is 18.4 Å². The van der Waals surface area contributed by atoms with Gasteiger partial charge in [-0.3, -0.25) is 9.59 Å². The minimum absolute atomic E-state index is 0.116. The van der Waals surface area contributed by atoms with E-state index in [1.54, 1.807) is 6.07 Å². The third-order valence-electron chi connectivity index (χ3n) is 3.10. The van der Waals surface area contributed by atoms with E-state index in [4.69, 9.17) is 11.6 Å². The number of carbonyl (C=O) groups excluding carboxylic acids is 2. The van der Waals surface area contributed by atoms with Crippen molar-refractivity contribution in [3.63, 3.8) is 0 Å². The first-order valence-electron chi connectivity index (χ1n) is 6.91. The van der Waals surface area contributed by atoms with Gasteiger partial charge in [-0.1, -0.05) is 11.6 Å². The molecule has 0 aliphatic heterocycles. The number of benzene rings is 2. The van der Waals surface area contributed by atoms with Gasteiger partial charge in [0.25, 0.3) is 5.91 Å². The largest absolute Gasteiger partial charge is 0.376 e. The van der Waals surface area contributed by atoms with Crippen LogP contribution in [0.1, 0.15) is 10.4 Å². The van der Waals surface area contributed by atoms with Crippen LogP contribution in [-0.2, 0) is 4.79 Å². The van der Waals surface area contributed by atoms with E-state index in [1.165, 1.54) is 25.2 Å². The van der Waals surface area contributed by atoms with E-state index in [-0.39, 0.29) is 23.2 Å². The highest BCUT2D eigenvalue weighted by Gasteiger charge is 2.10. The Labute approximate surface area is 142 Å². The number of rotatable bonds is 5. The second-order valence-electron chi connectivity index (χ2n) is 4.80. The van der Waals surface area contributed by atoms with Gasteiger partial charge in [0, 0.05) is 24.5 Å². The molecule has 0 saturated heterocycles. The summed E-state index contributed by atoms with van der Waals surface area (Å²) in [5, 5.41) is 7.95. The maximum Gasteiger partial charge on any atom is 0.252 e. The van der Waals surface area contributed by atoms with Gasteiger partial charge in [0.2, 0.25) is 5.91 Å². The first-order chi connectivity index (χ1) is 11.4. The molecule has 0 aliphatic rings. The van der Waals surface area contributed by atoms with Crippen LogP contribution in [-0.4, -0.2) is 25.4 Å². The molecule has 0 unspecified atom stereocenters. The number of halogens is 3. The van der Waals surface area contributed by atoms with Gasteiger partial charge in [-0.05, 0) is 30.3 Å². The van der Waals surface area contributed by atoms with Crippen LogP contribution in [0, 0.1) is 11.6 Å². The summed E-state index contributed by atoms with van der Waals surface area (Å²) in [4.78, 5) is 23.3. The summed E-state index contributed by atoms with van der Waals surface area (Å²) < 4.78 is 25.9. The fourth-order valence-corrected chi connectivity index (χ4v) is 2.17. The molecule has 0 bridgehead atoms. The fourth-order valence-electron chi connectivity index (χ4n) is 1.91. The number of nitrogens with one attached hydrogen (secondary N) is 3. The first kappa shape index (κ1) is 17.7. The molecular formula is C16H14ClF2N3O2. The van der Waals surface area contributed by atoms with Gasteiger partial charge in [0.1, 0.15) is 0 Å². The van der Waals surface area contributed by atoms with Crippen molar-refractivity contribution in [2.45, 2.75) is 0 Å². The fraction of sp³-hybridized carbons (Fsp3) is 0.125. The summed E-state index contributed by atoms with van der Waals surface area (Å²) in [6.45, 7) is -0.116. The maximum absolute atomic E-state index is 13.1. The standard InChI is InChI=1S/C16H14ClF2N3O2/c1-20-16(24)11-4-2-9(6-12(11)17)21-8-15(23)22-10-3-5-13(18)14(19)7-10/h2-7,21H,8H2,1H3,(H,20,24)(H,22,23). The molecule has 0 saturated carbocycles.